The van der Waals surface area contributed by atoms with Crippen LogP contribution in [0.25, 0.3) is 0 Å². The molecule has 0 radical (unpaired) electrons. The first-order valence-electron chi connectivity index (χ1n) is 7.34. The second-order valence-corrected chi connectivity index (χ2v) is 6.69. The van der Waals surface area contributed by atoms with Crippen LogP contribution in [0.1, 0.15) is 52.9 Å². The van der Waals surface area contributed by atoms with E-state index in [1.807, 2.05) is 11.9 Å². The lowest BCUT2D eigenvalue weighted by Crippen LogP contribution is -2.42. The molecule has 1 fully saturated rings. The second kappa shape index (κ2) is 8.11. The van der Waals surface area contributed by atoms with E-state index in [9.17, 15) is 4.79 Å². The predicted molar refractivity (Wildman–Crippen MR) is 83.5 cm³/mol. The summed E-state index contributed by atoms with van der Waals surface area (Å²) < 4.78 is 0. The van der Waals surface area contributed by atoms with Crippen LogP contribution in [0.4, 0.5) is 0 Å². The minimum absolute atomic E-state index is 0. The number of rotatable bonds is 5. The number of carbonyl (C=O) groups excluding carboxylic acids is 1. The van der Waals surface area contributed by atoms with Crippen LogP contribution in [0.2, 0.25) is 0 Å². The first-order chi connectivity index (χ1) is 8.39. The summed E-state index contributed by atoms with van der Waals surface area (Å²) in [6.45, 7) is 7.86. The number of hydrogen-bond acceptors (Lipinski definition) is 2. The van der Waals surface area contributed by atoms with Crippen LogP contribution in [0, 0.1) is 17.3 Å². The van der Waals surface area contributed by atoms with Gasteiger partial charge in [0.15, 0.2) is 0 Å². The molecule has 0 aromatic carbocycles. The van der Waals surface area contributed by atoms with Crippen molar-refractivity contribution in [2.24, 2.45) is 23.0 Å². The maximum atomic E-state index is 12.4. The summed E-state index contributed by atoms with van der Waals surface area (Å²) in [5, 5.41) is 0. The lowest BCUT2D eigenvalue weighted by molar-refractivity contribution is -0.136. The molecule has 0 aliphatic heterocycles. The summed E-state index contributed by atoms with van der Waals surface area (Å²) >= 11 is 0. The molecule has 1 rings (SSSR count). The molecule has 1 saturated carbocycles. The van der Waals surface area contributed by atoms with Crippen LogP contribution in [-0.2, 0) is 4.79 Å². The molecular weight excluding hydrogens is 260 g/mol. The Morgan fingerprint density at radius 3 is 2.21 bits per heavy atom. The maximum Gasteiger partial charge on any atom is 0.225 e. The Morgan fingerprint density at radius 2 is 1.79 bits per heavy atom. The molecule has 0 atom stereocenters. The van der Waals surface area contributed by atoms with Gasteiger partial charge in [0.25, 0.3) is 0 Å². The molecular formula is C15H31ClN2O. The summed E-state index contributed by atoms with van der Waals surface area (Å²) in [5.74, 6) is 1.43. The summed E-state index contributed by atoms with van der Waals surface area (Å²) in [4.78, 5) is 14.3. The highest BCUT2D eigenvalue weighted by atomic mass is 35.5. The highest BCUT2D eigenvalue weighted by Gasteiger charge is 2.29. The molecule has 0 spiro atoms. The number of nitrogens with two attached hydrogens (primary N) is 1. The van der Waals surface area contributed by atoms with Crippen LogP contribution >= 0.6 is 12.4 Å². The van der Waals surface area contributed by atoms with Crippen molar-refractivity contribution in [3.05, 3.63) is 0 Å². The highest BCUT2D eigenvalue weighted by molar-refractivity contribution is 5.85. The number of amides is 1. The van der Waals surface area contributed by atoms with Crippen LogP contribution in [-0.4, -0.2) is 30.9 Å². The van der Waals surface area contributed by atoms with Crippen LogP contribution < -0.4 is 5.73 Å². The van der Waals surface area contributed by atoms with E-state index in [-0.39, 0.29) is 23.7 Å². The lowest BCUT2D eigenvalue weighted by atomic mass is 9.80. The third-order valence-electron chi connectivity index (χ3n) is 4.37. The van der Waals surface area contributed by atoms with Crippen molar-refractivity contribution < 1.29 is 4.79 Å². The minimum atomic E-state index is 0. The smallest absolute Gasteiger partial charge is 0.225 e. The second-order valence-electron chi connectivity index (χ2n) is 6.69. The molecule has 0 aromatic heterocycles. The Kier molecular flexibility index (Phi) is 7.99. The minimum Gasteiger partial charge on any atom is -0.345 e. The quantitative estimate of drug-likeness (QED) is 0.846. The van der Waals surface area contributed by atoms with Gasteiger partial charge in [-0.25, -0.2) is 0 Å². The van der Waals surface area contributed by atoms with Crippen molar-refractivity contribution in [2.75, 3.05) is 20.1 Å². The largest absolute Gasteiger partial charge is 0.345 e. The molecule has 0 bridgehead atoms. The lowest BCUT2D eigenvalue weighted by Gasteiger charge is -2.34. The van der Waals surface area contributed by atoms with Crippen LogP contribution in [0.3, 0.4) is 0 Å². The number of carbonyl (C=O) groups is 1. The van der Waals surface area contributed by atoms with E-state index in [4.69, 9.17) is 5.73 Å². The topological polar surface area (TPSA) is 46.3 Å². The van der Waals surface area contributed by atoms with Gasteiger partial charge < -0.3 is 10.6 Å². The van der Waals surface area contributed by atoms with Crippen molar-refractivity contribution in [1.82, 2.24) is 4.90 Å². The molecule has 0 heterocycles. The predicted octanol–water partition coefficient (Wildman–Crippen LogP) is 3.07. The summed E-state index contributed by atoms with van der Waals surface area (Å²) in [6.07, 6.45) is 5.86. The fraction of sp³-hybridized carbons (Fsp3) is 0.933. The standard InChI is InChI=1S/C15H30N2O.ClH/c1-5-12-6-8-13(9-7-12)14(18)17(4)11-15(2,3)10-16;/h12-13H,5-11,16H2,1-4H3;1H. The van der Waals surface area contributed by atoms with Gasteiger partial charge in [0.1, 0.15) is 0 Å². The maximum absolute atomic E-state index is 12.4. The zero-order valence-corrected chi connectivity index (χ0v) is 13.8. The first-order valence-corrected chi connectivity index (χ1v) is 7.34. The molecule has 1 amide bonds. The Bertz CT molecular complexity index is 273. The molecule has 3 nitrogen and oxygen atoms in total. The molecule has 1 aliphatic carbocycles. The van der Waals surface area contributed by atoms with Gasteiger partial charge in [-0.05, 0) is 43.6 Å². The van der Waals surface area contributed by atoms with Crippen molar-refractivity contribution in [3.8, 4) is 0 Å². The van der Waals surface area contributed by atoms with Crippen LogP contribution in [0.5, 0.6) is 0 Å². The Morgan fingerprint density at radius 1 is 1.26 bits per heavy atom. The van der Waals surface area contributed by atoms with Crippen molar-refractivity contribution in [3.63, 3.8) is 0 Å². The third kappa shape index (κ3) is 5.70. The zero-order valence-electron chi connectivity index (χ0n) is 12.9. The van der Waals surface area contributed by atoms with Gasteiger partial charge in [-0.3, -0.25) is 4.79 Å². The van der Waals surface area contributed by atoms with E-state index in [0.717, 1.165) is 25.3 Å². The Hall–Kier alpha value is -0.280. The van der Waals surface area contributed by atoms with E-state index >= 15 is 0 Å². The average molecular weight is 291 g/mol. The molecule has 19 heavy (non-hydrogen) atoms. The zero-order chi connectivity index (χ0) is 13.8. The van der Waals surface area contributed by atoms with Gasteiger partial charge in [-0.2, -0.15) is 0 Å². The monoisotopic (exact) mass is 290 g/mol. The fourth-order valence-corrected chi connectivity index (χ4v) is 2.91. The first kappa shape index (κ1) is 18.7. The van der Waals surface area contributed by atoms with Gasteiger partial charge in [0.2, 0.25) is 5.91 Å². The normalized spacial score (nSPS) is 23.6. The number of halogens is 1. The van der Waals surface area contributed by atoms with Crippen molar-refractivity contribution in [1.29, 1.82) is 0 Å². The molecule has 4 heteroatoms. The van der Waals surface area contributed by atoms with Gasteiger partial charge in [0, 0.05) is 19.5 Å². The van der Waals surface area contributed by atoms with E-state index < -0.39 is 0 Å². The van der Waals surface area contributed by atoms with Gasteiger partial charge in [-0.15, -0.1) is 12.4 Å². The highest BCUT2D eigenvalue weighted by Crippen LogP contribution is 2.31. The van der Waals surface area contributed by atoms with Crippen molar-refractivity contribution in [2.45, 2.75) is 52.9 Å². The van der Waals surface area contributed by atoms with Gasteiger partial charge >= 0.3 is 0 Å². The van der Waals surface area contributed by atoms with E-state index in [0.29, 0.717) is 12.5 Å². The third-order valence-corrected chi connectivity index (χ3v) is 4.37. The van der Waals surface area contributed by atoms with Gasteiger partial charge in [-0.1, -0.05) is 27.2 Å². The summed E-state index contributed by atoms with van der Waals surface area (Å²) in [6, 6.07) is 0. The molecule has 1 aliphatic rings. The number of hydrogen-bond donors (Lipinski definition) is 1. The SMILES string of the molecule is CCC1CCC(C(=O)N(C)CC(C)(C)CN)CC1.Cl. The van der Waals surface area contributed by atoms with Gasteiger partial charge in [0.05, 0.1) is 0 Å². The van der Waals surface area contributed by atoms with E-state index in [1.54, 1.807) is 0 Å². The van der Waals surface area contributed by atoms with Crippen LogP contribution in [0.15, 0.2) is 0 Å². The summed E-state index contributed by atoms with van der Waals surface area (Å²) in [5.41, 5.74) is 5.75. The molecule has 0 unspecified atom stereocenters. The molecule has 0 saturated heterocycles. The average Bonchev–Trinajstić information content (AvgIpc) is 2.37. The van der Waals surface area contributed by atoms with E-state index in [1.165, 1.54) is 19.3 Å². The Balaban J connectivity index is 0.00000324. The summed E-state index contributed by atoms with van der Waals surface area (Å²) in [7, 11) is 1.92. The molecule has 114 valence electrons. The van der Waals surface area contributed by atoms with E-state index in [2.05, 4.69) is 20.8 Å². The fourth-order valence-electron chi connectivity index (χ4n) is 2.91. The number of nitrogens with zero attached hydrogens (tertiary/aromatic N) is 1. The Labute approximate surface area is 124 Å². The molecule has 0 aromatic rings. The van der Waals surface area contributed by atoms with Crippen molar-refractivity contribution >= 4 is 18.3 Å². The molecule has 2 N–H and O–H groups in total.